The second-order valence-corrected chi connectivity index (χ2v) is 5.78. The number of aryl methyl sites for hydroxylation is 1. The molecule has 2 rings (SSSR count). The molecular weight excluding hydrogens is 309 g/mol. The van der Waals surface area contributed by atoms with Gasteiger partial charge in [0.15, 0.2) is 11.5 Å². The third-order valence-electron chi connectivity index (χ3n) is 3.99. The van der Waals surface area contributed by atoms with Gasteiger partial charge in [-0.3, -0.25) is 0 Å². The van der Waals surface area contributed by atoms with E-state index in [1.165, 1.54) is 19.2 Å². The van der Waals surface area contributed by atoms with Gasteiger partial charge in [0.2, 0.25) is 0 Å². The molecule has 1 aliphatic rings. The molecule has 130 valence electrons. The fourth-order valence-electron chi connectivity index (χ4n) is 2.66. The third kappa shape index (κ3) is 5.91. The van der Waals surface area contributed by atoms with Crippen LogP contribution >= 0.6 is 0 Å². The summed E-state index contributed by atoms with van der Waals surface area (Å²) in [7, 11) is 3.43. The van der Waals surface area contributed by atoms with Crippen LogP contribution in [0.2, 0.25) is 0 Å². The number of piperazine rings is 1. The average molecular weight is 332 g/mol. The van der Waals surface area contributed by atoms with E-state index < -0.39 is 6.36 Å². The van der Waals surface area contributed by atoms with Crippen molar-refractivity contribution < 1.29 is 22.6 Å². The van der Waals surface area contributed by atoms with Gasteiger partial charge in [-0.2, -0.15) is 0 Å². The molecule has 0 bridgehead atoms. The summed E-state index contributed by atoms with van der Waals surface area (Å²) in [5, 5.41) is 0. The maximum atomic E-state index is 12.4. The largest absolute Gasteiger partial charge is 0.573 e. The lowest BCUT2D eigenvalue weighted by Gasteiger charge is -2.32. The van der Waals surface area contributed by atoms with Gasteiger partial charge in [0.1, 0.15) is 0 Å². The number of alkyl halides is 3. The van der Waals surface area contributed by atoms with Crippen LogP contribution in [0.3, 0.4) is 0 Å². The fraction of sp³-hybridized carbons (Fsp3) is 0.625. The first-order valence-corrected chi connectivity index (χ1v) is 7.71. The minimum atomic E-state index is -4.72. The third-order valence-corrected chi connectivity index (χ3v) is 3.99. The van der Waals surface area contributed by atoms with Gasteiger partial charge in [-0.25, -0.2) is 0 Å². The molecule has 0 aliphatic carbocycles. The fourth-order valence-corrected chi connectivity index (χ4v) is 2.66. The highest BCUT2D eigenvalue weighted by molar-refractivity contribution is 5.43. The SMILES string of the molecule is COc1ccc(CCCN2CCN(C)CC2)cc1OC(F)(F)F. The molecule has 0 atom stereocenters. The Morgan fingerprint density at radius 3 is 2.39 bits per heavy atom. The quantitative estimate of drug-likeness (QED) is 0.800. The van der Waals surface area contributed by atoms with Crippen molar-refractivity contribution in [3.05, 3.63) is 23.8 Å². The van der Waals surface area contributed by atoms with Crippen molar-refractivity contribution >= 4 is 0 Å². The lowest BCUT2D eigenvalue weighted by molar-refractivity contribution is -0.275. The van der Waals surface area contributed by atoms with Crippen molar-refractivity contribution in [2.75, 3.05) is 46.9 Å². The first-order valence-electron chi connectivity index (χ1n) is 7.71. The summed E-state index contributed by atoms with van der Waals surface area (Å²) >= 11 is 0. The van der Waals surface area contributed by atoms with Crippen LogP contribution in [0.5, 0.6) is 11.5 Å². The molecule has 1 aliphatic heterocycles. The van der Waals surface area contributed by atoms with E-state index in [4.69, 9.17) is 4.74 Å². The van der Waals surface area contributed by atoms with E-state index in [-0.39, 0.29) is 11.5 Å². The molecule has 0 radical (unpaired) electrons. The standard InChI is InChI=1S/C16H23F3N2O2/c1-20-8-10-21(11-9-20)7-3-4-13-5-6-14(22-2)15(12-13)23-16(17,18)19/h5-6,12H,3-4,7-11H2,1-2H3. The topological polar surface area (TPSA) is 24.9 Å². The predicted molar refractivity (Wildman–Crippen MR) is 81.9 cm³/mol. The summed E-state index contributed by atoms with van der Waals surface area (Å²) in [4.78, 5) is 4.68. The summed E-state index contributed by atoms with van der Waals surface area (Å²) in [6, 6.07) is 4.72. The van der Waals surface area contributed by atoms with Gasteiger partial charge in [-0.15, -0.1) is 13.2 Å². The van der Waals surface area contributed by atoms with Gasteiger partial charge < -0.3 is 19.3 Å². The minimum Gasteiger partial charge on any atom is -0.493 e. The predicted octanol–water partition coefficient (Wildman–Crippen LogP) is 2.77. The van der Waals surface area contributed by atoms with Crippen molar-refractivity contribution in [1.82, 2.24) is 9.80 Å². The molecule has 1 aromatic rings. The van der Waals surface area contributed by atoms with E-state index in [0.717, 1.165) is 44.7 Å². The molecule has 1 fully saturated rings. The molecule has 0 spiro atoms. The molecule has 0 aromatic heterocycles. The van der Waals surface area contributed by atoms with Gasteiger partial charge in [0.05, 0.1) is 7.11 Å². The van der Waals surface area contributed by atoms with Crippen LogP contribution in [0.1, 0.15) is 12.0 Å². The second-order valence-electron chi connectivity index (χ2n) is 5.78. The van der Waals surface area contributed by atoms with E-state index in [0.29, 0.717) is 6.42 Å². The Balaban J connectivity index is 1.88. The maximum Gasteiger partial charge on any atom is 0.573 e. The normalized spacial score (nSPS) is 17.3. The number of hydrogen-bond acceptors (Lipinski definition) is 4. The molecule has 0 amide bonds. The van der Waals surface area contributed by atoms with Crippen molar-refractivity contribution in [3.8, 4) is 11.5 Å². The van der Waals surface area contributed by atoms with Gasteiger partial charge in [0.25, 0.3) is 0 Å². The molecule has 0 N–H and O–H groups in total. The van der Waals surface area contributed by atoms with E-state index in [2.05, 4.69) is 21.6 Å². The Morgan fingerprint density at radius 2 is 1.78 bits per heavy atom. The highest BCUT2D eigenvalue weighted by atomic mass is 19.4. The molecule has 4 nitrogen and oxygen atoms in total. The Hall–Kier alpha value is -1.47. The summed E-state index contributed by atoms with van der Waals surface area (Å²) < 4.78 is 46.2. The number of nitrogens with zero attached hydrogens (tertiary/aromatic N) is 2. The highest BCUT2D eigenvalue weighted by Crippen LogP contribution is 2.33. The Kier molecular flexibility index (Phi) is 6.12. The monoisotopic (exact) mass is 332 g/mol. The summed E-state index contributed by atoms with van der Waals surface area (Å²) in [5.41, 5.74) is 0.819. The van der Waals surface area contributed by atoms with E-state index >= 15 is 0 Å². The number of likely N-dealkylation sites (N-methyl/N-ethyl adjacent to an activating group) is 1. The zero-order valence-corrected chi connectivity index (χ0v) is 13.5. The van der Waals surface area contributed by atoms with E-state index in [9.17, 15) is 13.2 Å². The number of hydrogen-bond donors (Lipinski definition) is 0. The van der Waals surface area contributed by atoms with Gasteiger partial charge in [0, 0.05) is 26.2 Å². The first kappa shape index (κ1) is 17.9. The van der Waals surface area contributed by atoms with Gasteiger partial charge in [-0.05, 0) is 44.1 Å². The average Bonchev–Trinajstić information content (AvgIpc) is 2.48. The second kappa shape index (κ2) is 7.88. The van der Waals surface area contributed by atoms with Crippen molar-refractivity contribution in [2.24, 2.45) is 0 Å². The zero-order chi connectivity index (χ0) is 16.9. The van der Waals surface area contributed by atoms with Crippen LogP contribution in [-0.4, -0.2) is 63.0 Å². The Bertz CT molecular complexity index is 501. The number of rotatable bonds is 6. The molecule has 1 heterocycles. The molecule has 0 saturated carbocycles. The highest BCUT2D eigenvalue weighted by Gasteiger charge is 2.32. The van der Waals surface area contributed by atoms with Crippen LogP contribution in [-0.2, 0) is 6.42 Å². The summed E-state index contributed by atoms with van der Waals surface area (Å²) in [6.45, 7) is 5.16. The number of benzene rings is 1. The van der Waals surface area contributed by atoms with Crippen LogP contribution < -0.4 is 9.47 Å². The van der Waals surface area contributed by atoms with Crippen LogP contribution in [0.4, 0.5) is 13.2 Å². The number of halogens is 3. The van der Waals surface area contributed by atoms with Crippen LogP contribution in [0.25, 0.3) is 0 Å². The minimum absolute atomic E-state index is 0.0881. The van der Waals surface area contributed by atoms with Crippen LogP contribution in [0, 0.1) is 0 Å². The van der Waals surface area contributed by atoms with Crippen molar-refractivity contribution in [3.63, 3.8) is 0 Å². The number of ether oxygens (including phenoxy) is 2. The van der Waals surface area contributed by atoms with E-state index in [1.807, 2.05) is 0 Å². The van der Waals surface area contributed by atoms with Crippen molar-refractivity contribution in [2.45, 2.75) is 19.2 Å². The lowest BCUT2D eigenvalue weighted by Crippen LogP contribution is -2.44. The van der Waals surface area contributed by atoms with E-state index in [1.54, 1.807) is 6.07 Å². The molecular formula is C16H23F3N2O2. The first-order chi connectivity index (χ1) is 10.9. The molecule has 7 heteroatoms. The lowest BCUT2D eigenvalue weighted by atomic mass is 10.1. The Morgan fingerprint density at radius 1 is 1.09 bits per heavy atom. The molecule has 0 unspecified atom stereocenters. The Labute approximate surface area is 134 Å². The van der Waals surface area contributed by atoms with Crippen molar-refractivity contribution in [1.29, 1.82) is 0 Å². The van der Waals surface area contributed by atoms with Gasteiger partial charge in [-0.1, -0.05) is 6.07 Å². The van der Waals surface area contributed by atoms with Crippen LogP contribution in [0.15, 0.2) is 18.2 Å². The number of methoxy groups -OCH3 is 1. The molecule has 1 saturated heterocycles. The molecule has 23 heavy (non-hydrogen) atoms. The maximum absolute atomic E-state index is 12.4. The summed E-state index contributed by atoms with van der Waals surface area (Å²) in [6.07, 6.45) is -3.10. The molecule has 1 aromatic carbocycles. The summed E-state index contributed by atoms with van der Waals surface area (Å²) in [5.74, 6) is -0.192. The van der Waals surface area contributed by atoms with Gasteiger partial charge >= 0.3 is 6.36 Å². The zero-order valence-electron chi connectivity index (χ0n) is 13.5. The smallest absolute Gasteiger partial charge is 0.493 e.